The summed E-state index contributed by atoms with van der Waals surface area (Å²) in [5.41, 5.74) is 16.8. The number of aldehydes is 1. The molecule has 0 bridgehead atoms. The number of nitrogens with zero attached hydrogens (tertiary/aromatic N) is 1. The Morgan fingerprint density at radius 1 is 1.10 bits per heavy atom. The quantitative estimate of drug-likeness (QED) is 0.143. The number of carbonyl (C=O) groups excluding carboxylic acids is 1. The summed E-state index contributed by atoms with van der Waals surface area (Å²) in [6.45, 7) is 23.3. The van der Waals surface area contributed by atoms with Crippen molar-refractivity contribution in [1.82, 2.24) is 4.90 Å². The minimum absolute atomic E-state index is 0.350. The van der Waals surface area contributed by atoms with E-state index in [4.69, 9.17) is 17.4 Å². The van der Waals surface area contributed by atoms with Gasteiger partial charge < -0.3 is 15.4 Å². The first-order valence-electron chi connectivity index (χ1n) is 15.1. The van der Waals surface area contributed by atoms with Crippen molar-refractivity contribution in [2.75, 3.05) is 0 Å². The van der Waals surface area contributed by atoms with E-state index in [1.165, 1.54) is 87.9 Å². The summed E-state index contributed by atoms with van der Waals surface area (Å²) >= 11 is 4.76. The van der Waals surface area contributed by atoms with Gasteiger partial charge in [-0.2, -0.15) is 12.6 Å². The Labute approximate surface area is 251 Å². The highest BCUT2D eigenvalue weighted by atomic mass is 32.1. The van der Waals surface area contributed by atoms with Crippen molar-refractivity contribution in [1.29, 1.82) is 0 Å². The number of carbonyl (C=O) groups is 1. The summed E-state index contributed by atoms with van der Waals surface area (Å²) in [7, 11) is 0. The zero-order valence-corrected chi connectivity index (χ0v) is 27.2. The molecule has 0 radical (unpaired) electrons. The van der Waals surface area contributed by atoms with Crippen LogP contribution in [-0.2, 0) is 17.6 Å². The van der Waals surface area contributed by atoms with Crippen LogP contribution in [0.4, 0.5) is 0 Å². The van der Waals surface area contributed by atoms with Crippen molar-refractivity contribution in [3.05, 3.63) is 95.0 Å². The fourth-order valence-electron chi connectivity index (χ4n) is 6.19. The lowest BCUT2D eigenvalue weighted by Crippen LogP contribution is -2.50. The van der Waals surface area contributed by atoms with Gasteiger partial charge >= 0.3 is 0 Å². The number of hydrogen-bond acceptors (Lipinski definition) is 4. The van der Waals surface area contributed by atoms with Crippen molar-refractivity contribution in [2.24, 2.45) is 5.73 Å². The van der Waals surface area contributed by atoms with Crippen molar-refractivity contribution in [3.8, 4) is 0 Å². The summed E-state index contributed by atoms with van der Waals surface area (Å²) in [6, 6.07) is 5.61. The normalized spacial score (nSPS) is 20.8. The monoisotopic (exact) mass is 564 g/mol. The standard InChI is InChI=1S/C29H41NS.C3H6.C2H5N.C2H4O/c1-6-7-8-11-23-16-20(3)28(25-12-9-10-19(2)15-25)26(17-23)14-13-24-18-27-29(31)22(5)30(27)21(24)4;1-3-2;2*1-2-3/h15-17,25,27,29,31H,5-14,18H2,1-4H3;3H,1H2,2H3;2H,1,3H2;2H,1H3. The first-order valence-corrected chi connectivity index (χ1v) is 15.6. The molecule has 1 aromatic carbocycles. The topological polar surface area (TPSA) is 46.3 Å². The van der Waals surface area contributed by atoms with E-state index in [2.05, 4.69) is 76.3 Å². The molecule has 0 spiro atoms. The van der Waals surface area contributed by atoms with Crippen LogP contribution in [0.15, 0.2) is 72.8 Å². The molecule has 4 heteroatoms. The first kappa shape index (κ1) is 35.6. The Bertz CT molecular complexity index is 1040. The van der Waals surface area contributed by atoms with Crippen LogP contribution in [0.2, 0.25) is 0 Å². The molecule has 2 heterocycles. The van der Waals surface area contributed by atoms with Crippen LogP contribution in [0.3, 0.4) is 0 Å². The predicted octanol–water partition coefficient (Wildman–Crippen LogP) is 9.53. The second-order valence-corrected chi connectivity index (χ2v) is 11.7. The lowest BCUT2D eigenvalue weighted by atomic mass is 9.79. The molecule has 1 saturated heterocycles. The van der Waals surface area contributed by atoms with Gasteiger partial charge in [0.15, 0.2) is 0 Å². The van der Waals surface area contributed by atoms with Gasteiger partial charge in [-0.1, -0.05) is 62.8 Å². The Hall–Kier alpha value is -2.46. The zero-order valence-electron chi connectivity index (χ0n) is 26.3. The molecule has 222 valence electrons. The van der Waals surface area contributed by atoms with Crippen molar-refractivity contribution in [2.45, 2.75) is 123 Å². The number of rotatable bonds is 8. The Kier molecular flexibility index (Phi) is 16.7. The van der Waals surface area contributed by atoms with E-state index in [-0.39, 0.29) is 0 Å². The Morgan fingerprint density at radius 2 is 1.73 bits per heavy atom. The third kappa shape index (κ3) is 9.87. The van der Waals surface area contributed by atoms with Crippen LogP contribution in [0, 0.1) is 6.92 Å². The largest absolute Gasteiger partial charge is 0.405 e. The van der Waals surface area contributed by atoms with Gasteiger partial charge in [-0.3, -0.25) is 0 Å². The van der Waals surface area contributed by atoms with Gasteiger partial charge in [-0.15, -0.1) is 6.58 Å². The van der Waals surface area contributed by atoms with E-state index < -0.39 is 0 Å². The SMILES string of the molecule is C=C1C(S)C2CC(CCc3cc(CCCCC)cc(C)c3C3C=C(C)CCC3)=C(C)N12.C=CC.C=CN.CC=O. The number of nitrogens with two attached hydrogens (primary N) is 1. The highest BCUT2D eigenvalue weighted by Crippen LogP contribution is 2.47. The number of aryl methyl sites for hydroxylation is 3. The lowest BCUT2D eigenvalue weighted by Gasteiger charge is -2.46. The van der Waals surface area contributed by atoms with Gasteiger partial charge in [-0.25, -0.2) is 0 Å². The Morgan fingerprint density at radius 3 is 2.27 bits per heavy atom. The highest BCUT2D eigenvalue weighted by Gasteiger charge is 2.45. The van der Waals surface area contributed by atoms with Gasteiger partial charge in [0.1, 0.15) is 6.29 Å². The molecule has 1 aromatic rings. The number of fused-ring (bicyclic) bond motifs is 1. The number of allylic oxidation sites excluding steroid dienone is 4. The molecule has 2 N–H and O–H groups in total. The molecular weight excluding hydrogens is 508 g/mol. The van der Waals surface area contributed by atoms with Gasteiger partial charge in [0.2, 0.25) is 0 Å². The molecule has 3 aliphatic rings. The lowest BCUT2D eigenvalue weighted by molar-refractivity contribution is -0.106. The number of unbranched alkanes of at least 4 members (excludes halogenated alkanes) is 2. The van der Waals surface area contributed by atoms with Crippen LogP contribution in [0.25, 0.3) is 0 Å². The van der Waals surface area contributed by atoms with Gasteiger partial charge in [0.05, 0.1) is 11.3 Å². The maximum atomic E-state index is 8.81. The van der Waals surface area contributed by atoms with Gasteiger partial charge in [0, 0.05) is 17.3 Å². The molecule has 3 atom stereocenters. The van der Waals surface area contributed by atoms with Crippen molar-refractivity contribution >= 4 is 18.9 Å². The van der Waals surface area contributed by atoms with Crippen LogP contribution in [-0.4, -0.2) is 22.5 Å². The minimum Gasteiger partial charge on any atom is -0.405 e. The van der Waals surface area contributed by atoms with Gasteiger partial charge in [0.25, 0.3) is 0 Å². The molecule has 3 nitrogen and oxygen atoms in total. The fraction of sp³-hybridized carbons (Fsp3) is 0.528. The molecule has 4 rings (SSSR count). The van der Waals surface area contributed by atoms with E-state index >= 15 is 0 Å². The van der Waals surface area contributed by atoms with E-state index in [0.717, 1.165) is 12.7 Å². The third-order valence-corrected chi connectivity index (χ3v) is 8.56. The van der Waals surface area contributed by atoms with Crippen LogP contribution in [0.5, 0.6) is 0 Å². The second-order valence-electron chi connectivity index (χ2n) is 11.1. The van der Waals surface area contributed by atoms with Crippen LogP contribution in [0.1, 0.15) is 114 Å². The fourth-order valence-corrected chi connectivity index (χ4v) is 6.56. The summed E-state index contributed by atoms with van der Waals surface area (Å²) in [4.78, 5) is 11.2. The van der Waals surface area contributed by atoms with Gasteiger partial charge in [-0.05, 0) is 120 Å². The number of benzene rings is 1. The summed E-state index contributed by atoms with van der Waals surface area (Å²) in [5, 5.41) is 0.350. The van der Waals surface area contributed by atoms with E-state index in [1.807, 2.05) is 6.92 Å². The maximum Gasteiger partial charge on any atom is 0.116 e. The van der Waals surface area contributed by atoms with Crippen LogP contribution >= 0.6 is 12.6 Å². The summed E-state index contributed by atoms with van der Waals surface area (Å²) in [6.07, 6.45) is 18.9. The first-order chi connectivity index (χ1) is 19.1. The molecular formula is C36H56N2OS. The Balaban J connectivity index is 0.000000788. The molecule has 0 amide bonds. The van der Waals surface area contributed by atoms with Crippen LogP contribution < -0.4 is 5.73 Å². The smallest absolute Gasteiger partial charge is 0.116 e. The van der Waals surface area contributed by atoms with E-state index in [9.17, 15) is 0 Å². The summed E-state index contributed by atoms with van der Waals surface area (Å²) < 4.78 is 0. The van der Waals surface area contributed by atoms with E-state index in [1.54, 1.807) is 33.9 Å². The zero-order chi connectivity index (χ0) is 30.2. The molecule has 0 aromatic heterocycles. The predicted molar refractivity (Wildman–Crippen MR) is 180 cm³/mol. The second kappa shape index (κ2) is 18.8. The summed E-state index contributed by atoms with van der Waals surface area (Å²) in [5.74, 6) is 0.605. The average molecular weight is 565 g/mol. The molecule has 40 heavy (non-hydrogen) atoms. The third-order valence-electron chi connectivity index (χ3n) is 7.92. The molecule has 1 aliphatic carbocycles. The van der Waals surface area contributed by atoms with Crippen molar-refractivity contribution < 1.29 is 4.79 Å². The van der Waals surface area contributed by atoms with E-state index in [0.29, 0.717) is 17.2 Å². The number of hydrogen-bond donors (Lipinski definition) is 2. The molecule has 2 aliphatic heterocycles. The average Bonchev–Trinajstić information content (AvgIpc) is 3.21. The highest BCUT2D eigenvalue weighted by molar-refractivity contribution is 7.81. The number of thiol groups is 1. The minimum atomic E-state index is 0.350. The maximum absolute atomic E-state index is 8.81. The van der Waals surface area contributed by atoms with Crippen molar-refractivity contribution in [3.63, 3.8) is 0 Å². The molecule has 3 unspecified atom stereocenters. The molecule has 1 fully saturated rings. The molecule has 0 saturated carbocycles.